The van der Waals surface area contributed by atoms with Crippen LogP contribution in [-0.2, 0) is 6.54 Å². The molecule has 3 heteroatoms. The number of aromatic nitrogens is 1. The Kier molecular flexibility index (Phi) is 5.36. The van der Waals surface area contributed by atoms with Gasteiger partial charge in [0, 0.05) is 6.20 Å². The highest BCUT2D eigenvalue weighted by Gasteiger charge is 2.16. The Morgan fingerprint density at radius 1 is 0.875 bits per heavy atom. The van der Waals surface area contributed by atoms with Crippen molar-refractivity contribution in [3.63, 3.8) is 0 Å². The Morgan fingerprint density at radius 2 is 1.54 bits per heavy atom. The molecule has 1 N–H and O–H groups in total. The van der Waals surface area contributed by atoms with Gasteiger partial charge in [0.2, 0.25) is 0 Å². The third kappa shape index (κ3) is 4.30. The summed E-state index contributed by atoms with van der Waals surface area (Å²) in [6.07, 6.45) is 1.71. The summed E-state index contributed by atoms with van der Waals surface area (Å²) in [5, 5.41) is 11.9. The molecule has 3 nitrogen and oxygen atoms in total. The van der Waals surface area contributed by atoms with Crippen LogP contribution in [0.4, 0.5) is 0 Å². The molecule has 1 unspecified atom stereocenters. The molecule has 0 aliphatic heterocycles. The van der Waals surface area contributed by atoms with Crippen molar-refractivity contribution < 1.29 is 5.21 Å². The first-order valence-electron chi connectivity index (χ1n) is 7.80. The van der Waals surface area contributed by atoms with Crippen molar-refractivity contribution in [2.24, 2.45) is 0 Å². The minimum atomic E-state index is -0.423. The highest BCUT2D eigenvalue weighted by Crippen LogP contribution is 2.20. The second-order valence-corrected chi connectivity index (χ2v) is 5.38. The lowest BCUT2D eigenvalue weighted by Crippen LogP contribution is -2.24. The number of benzene rings is 2. The molecule has 0 bridgehead atoms. The average molecular weight is 314 g/mol. The predicted molar refractivity (Wildman–Crippen MR) is 94.1 cm³/mol. The van der Waals surface area contributed by atoms with E-state index in [9.17, 15) is 5.21 Å². The zero-order valence-electron chi connectivity index (χ0n) is 13.2. The molecule has 0 saturated carbocycles. The van der Waals surface area contributed by atoms with Crippen LogP contribution in [0.3, 0.4) is 0 Å². The van der Waals surface area contributed by atoms with Gasteiger partial charge in [-0.25, -0.2) is 4.98 Å². The van der Waals surface area contributed by atoms with Gasteiger partial charge < -0.3 is 5.21 Å². The topological polar surface area (TPSA) is 36.4 Å². The minimum Gasteiger partial charge on any atom is -0.312 e. The van der Waals surface area contributed by atoms with Crippen molar-refractivity contribution in [3.8, 4) is 11.8 Å². The van der Waals surface area contributed by atoms with Crippen LogP contribution < -0.4 is 0 Å². The number of hydroxylamine groups is 2. The summed E-state index contributed by atoms with van der Waals surface area (Å²) in [5.41, 5.74) is 2.66. The molecule has 0 radical (unpaired) electrons. The Bertz CT molecular complexity index is 808. The van der Waals surface area contributed by atoms with Gasteiger partial charge in [0.25, 0.3) is 0 Å². The van der Waals surface area contributed by atoms with Crippen LogP contribution in [0.1, 0.15) is 22.9 Å². The monoisotopic (exact) mass is 314 g/mol. The molecule has 0 saturated heterocycles. The van der Waals surface area contributed by atoms with E-state index in [-0.39, 0.29) is 0 Å². The van der Waals surface area contributed by atoms with Crippen LogP contribution >= 0.6 is 0 Å². The third-order valence-electron chi connectivity index (χ3n) is 3.60. The molecular weight excluding hydrogens is 296 g/mol. The fraction of sp³-hybridized carbons (Fsp3) is 0.0952. The lowest BCUT2D eigenvalue weighted by Gasteiger charge is -2.22. The summed E-state index contributed by atoms with van der Waals surface area (Å²) in [4.78, 5) is 4.21. The summed E-state index contributed by atoms with van der Waals surface area (Å²) in [7, 11) is 0. The van der Waals surface area contributed by atoms with E-state index in [0.717, 1.165) is 11.1 Å². The first-order chi connectivity index (χ1) is 11.8. The van der Waals surface area contributed by atoms with Gasteiger partial charge in [0.05, 0.1) is 6.54 Å². The number of hydrogen-bond donors (Lipinski definition) is 1. The van der Waals surface area contributed by atoms with Crippen LogP contribution in [0.2, 0.25) is 0 Å². The predicted octanol–water partition coefficient (Wildman–Crippen LogP) is 4.07. The largest absolute Gasteiger partial charge is 0.312 e. The van der Waals surface area contributed by atoms with Crippen molar-refractivity contribution in [2.75, 3.05) is 0 Å². The average Bonchev–Trinajstić information content (AvgIpc) is 2.64. The van der Waals surface area contributed by atoms with E-state index in [2.05, 4.69) is 16.8 Å². The van der Waals surface area contributed by atoms with Gasteiger partial charge >= 0.3 is 0 Å². The van der Waals surface area contributed by atoms with Crippen LogP contribution in [-0.4, -0.2) is 15.3 Å². The van der Waals surface area contributed by atoms with Crippen LogP contribution in [0.5, 0.6) is 0 Å². The molecule has 0 fully saturated rings. The molecule has 3 aromatic rings. The lowest BCUT2D eigenvalue weighted by molar-refractivity contribution is -0.121. The van der Waals surface area contributed by atoms with Crippen molar-refractivity contribution in [3.05, 3.63) is 102 Å². The smallest absolute Gasteiger partial charge is 0.121 e. The maximum Gasteiger partial charge on any atom is 0.121 e. The third-order valence-corrected chi connectivity index (χ3v) is 3.60. The first kappa shape index (κ1) is 15.9. The second kappa shape index (κ2) is 8.07. The number of nitrogens with zero attached hydrogens (tertiary/aromatic N) is 2. The molecule has 0 aliphatic rings. The first-order valence-corrected chi connectivity index (χ1v) is 7.80. The van der Waals surface area contributed by atoms with Crippen LogP contribution in [0, 0.1) is 11.8 Å². The Balaban J connectivity index is 1.86. The molecule has 1 heterocycles. The molecule has 1 aromatic heterocycles. The van der Waals surface area contributed by atoms with Crippen molar-refractivity contribution in [2.45, 2.75) is 12.6 Å². The van der Waals surface area contributed by atoms with Gasteiger partial charge in [-0.05, 0) is 29.2 Å². The lowest BCUT2D eigenvalue weighted by atomic mass is 10.1. The van der Waals surface area contributed by atoms with E-state index in [1.165, 1.54) is 5.06 Å². The van der Waals surface area contributed by atoms with Crippen LogP contribution in [0.15, 0.2) is 85.1 Å². The number of pyridine rings is 1. The summed E-state index contributed by atoms with van der Waals surface area (Å²) in [5.74, 6) is 6.18. The summed E-state index contributed by atoms with van der Waals surface area (Å²) in [6.45, 7) is 0.400. The molecule has 0 amide bonds. The van der Waals surface area contributed by atoms with Crippen molar-refractivity contribution in [1.82, 2.24) is 10.0 Å². The quantitative estimate of drug-likeness (QED) is 0.582. The van der Waals surface area contributed by atoms with Gasteiger partial charge in [0.1, 0.15) is 11.7 Å². The Labute approximate surface area is 142 Å². The van der Waals surface area contributed by atoms with E-state index in [1.807, 2.05) is 78.9 Å². The molecule has 1 atom stereocenters. The van der Waals surface area contributed by atoms with Crippen molar-refractivity contribution in [1.29, 1.82) is 0 Å². The Morgan fingerprint density at radius 3 is 2.21 bits per heavy atom. The zero-order valence-corrected chi connectivity index (χ0v) is 13.2. The standard InChI is InChI=1S/C21H18N2O/c24-23(17-18-9-3-1-4-10-18)21(19-11-5-2-6-12-19)15-14-20-13-7-8-16-22-20/h1-13,16,21,24H,17H2. The van der Waals surface area contributed by atoms with Crippen LogP contribution in [0.25, 0.3) is 0 Å². The molecule has 0 aliphatic carbocycles. The highest BCUT2D eigenvalue weighted by atomic mass is 16.5. The summed E-state index contributed by atoms with van der Waals surface area (Å²) >= 11 is 0. The van der Waals surface area contributed by atoms with Gasteiger partial charge in [-0.15, -0.1) is 0 Å². The maximum absolute atomic E-state index is 10.6. The van der Waals surface area contributed by atoms with E-state index in [0.29, 0.717) is 12.2 Å². The number of hydrogen-bond acceptors (Lipinski definition) is 3. The zero-order chi connectivity index (χ0) is 16.6. The second-order valence-electron chi connectivity index (χ2n) is 5.38. The molecule has 2 aromatic carbocycles. The molecular formula is C21H18N2O. The molecule has 0 spiro atoms. The fourth-order valence-corrected chi connectivity index (χ4v) is 2.41. The summed E-state index contributed by atoms with van der Waals surface area (Å²) < 4.78 is 0. The van der Waals surface area contributed by atoms with Gasteiger partial charge in [0.15, 0.2) is 0 Å². The summed E-state index contributed by atoms with van der Waals surface area (Å²) in [6, 6.07) is 24.8. The van der Waals surface area contributed by atoms with Gasteiger partial charge in [-0.2, -0.15) is 5.06 Å². The SMILES string of the molecule is ON(Cc1ccccc1)C(C#Cc1ccccn1)c1ccccc1. The highest BCUT2D eigenvalue weighted by molar-refractivity contribution is 5.33. The van der Waals surface area contributed by atoms with Crippen molar-refractivity contribution >= 4 is 0 Å². The molecule has 24 heavy (non-hydrogen) atoms. The fourth-order valence-electron chi connectivity index (χ4n) is 2.41. The minimum absolute atomic E-state index is 0.400. The maximum atomic E-state index is 10.6. The van der Waals surface area contributed by atoms with E-state index >= 15 is 0 Å². The van der Waals surface area contributed by atoms with Gasteiger partial charge in [-0.1, -0.05) is 72.7 Å². The van der Waals surface area contributed by atoms with E-state index in [4.69, 9.17) is 0 Å². The molecule has 118 valence electrons. The van der Waals surface area contributed by atoms with E-state index < -0.39 is 6.04 Å². The Hall–Kier alpha value is -2.93. The molecule has 3 rings (SSSR count). The normalized spacial score (nSPS) is 11.6. The number of rotatable bonds is 4. The van der Waals surface area contributed by atoms with E-state index in [1.54, 1.807) is 6.20 Å². The van der Waals surface area contributed by atoms with Gasteiger partial charge in [-0.3, -0.25) is 0 Å².